The molecule has 2 aromatic carbocycles. The zero-order valence-corrected chi connectivity index (χ0v) is 13.3. The summed E-state index contributed by atoms with van der Waals surface area (Å²) in [5, 5.41) is 7.82. The second kappa shape index (κ2) is 5.94. The molecule has 0 fully saturated rings. The van der Waals surface area contributed by atoms with Crippen LogP contribution in [0.25, 0.3) is 0 Å². The van der Waals surface area contributed by atoms with E-state index < -0.39 is 0 Å². The topological polar surface area (TPSA) is 24.1 Å². The molecule has 0 atom stereocenters. The zero-order valence-electron chi connectivity index (χ0n) is 11.8. The quantitative estimate of drug-likeness (QED) is 0.732. The van der Waals surface area contributed by atoms with Crippen LogP contribution in [0.2, 0.25) is 10.0 Å². The Labute approximate surface area is 130 Å². The van der Waals surface area contributed by atoms with Gasteiger partial charge in [-0.1, -0.05) is 23.2 Å². The van der Waals surface area contributed by atoms with Crippen molar-refractivity contribution in [3.8, 4) is 0 Å². The Morgan fingerprint density at radius 3 is 1.85 bits per heavy atom. The number of rotatable bonds is 3. The largest absolute Gasteiger partial charge is 0.380 e. The Morgan fingerprint density at radius 2 is 1.30 bits per heavy atom. The molecule has 0 amide bonds. The van der Waals surface area contributed by atoms with E-state index in [2.05, 4.69) is 31.4 Å². The first kappa shape index (κ1) is 15.0. The summed E-state index contributed by atoms with van der Waals surface area (Å²) in [6.07, 6.45) is 0. The van der Waals surface area contributed by atoms with E-state index in [1.165, 1.54) is 0 Å². The maximum atomic E-state index is 6.00. The molecule has 0 aromatic heterocycles. The molecule has 0 aliphatic heterocycles. The summed E-state index contributed by atoms with van der Waals surface area (Å²) < 4.78 is 0. The van der Waals surface area contributed by atoms with Gasteiger partial charge in [0.2, 0.25) is 0 Å². The SMILES string of the molecule is CC(C)(C)Nc1ccc(Nc2ccc(Cl)c(Cl)c2)cc1. The molecule has 0 bridgehead atoms. The van der Waals surface area contributed by atoms with E-state index in [0.29, 0.717) is 10.0 Å². The minimum atomic E-state index is 0.0542. The van der Waals surface area contributed by atoms with E-state index in [4.69, 9.17) is 23.2 Å². The average molecular weight is 309 g/mol. The summed E-state index contributed by atoms with van der Waals surface area (Å²) >= 11 is 11.9. The summed E-state index contributed by atoms with van der Waals surface area (Å²) in [6.45, 7) is 6.40. The summed E-state index contributed by atoms with van der Waals surface area (Å²) in [5.74, 6) is 0. The molecule has 20 heavy (non-hydrogen) atoms. The van der Waals surface area contributed by atoms with Gasteiger partial charge in [-0.3, -0.25) is 0 Å². The van der Waals surface area contributed by atoms with Crippen molar-refractivity contribution in [2.24, 2.45) is 0 Å². The Hall–Kier alpha value is -1.38. The number of anilines is 3. The maximum absolute atomic E-state index is 6.00. The van der Waals surface area contributed by atoms with Crippen LogP contribution in [0, 0.1) is 0 Å². The van der Waals surface area contributed by atoms with E-state index in [9.17, 15) is 0 Å². The Balaban J connectivity index is 2.08. The molecular formula is C16H18Cl2N2. The van der Waals surface area contributed by atoms with Crippen molar-refractivity contribution in [2.75, 3.05) is 10.6 Å². The normalized spacial score (nSPS) is 11.2. The van der Waals surface area contributed by atoms with Crippen molar-refractivity contribution < 1.29 is 0 Å². The smallest absolute Gasteiger partial charge is 0.0612 e. The summed E-state index contributed by atoms with van der Waals surface area (Å²) in [4.78, 5) is 0. The van der Waals surface area contributed by atoms with Gasteiger partial charge in [-0.2, -0.15) is 0 Å². The second-order valence-electron chi connectivity index (χ2n) is 5.71. The molecule has 0 saturated carbocycles. The van der Waals surface area contributed by atoms with Crippen molar-refractivity contribution in [1.82, 2.24) is 0 Å². The molecule has 4 heteroatoms. The molecule has 2 aromatic rings. The lowest BCUT2D eigenvalue weighted by Crippen LogP contribution is -2.25. The Morgan fingerprint density at radius 1 is 0.750 bits per heavy atom. The van der Waals surface area contributed by atoms with Crippen LogP contribution in [0.5, 0.6) is 0 Å². The highest BCUT2D eigenvalue weighted by atomic mass is 35.5. The van der Waals surface area contributed by atoms with Crippen molar-refractivity contribution in [3.63, 3.8) is 0 Å². The Kier molecular flexibility index (Phi) is 4.46. The first-order valence-electron chi connectivity index (χ1n) is 6.44. The van der Waals surface area contributed by atoms with Gasteiger partial charge in [0.25, 0.3) is 0 Å². The Bertz CT molecular complexity index is 586. The molecule has 0 saturated heterocycles. The van der Waals surface area contributed by atoms with Crippen molar-refractivity contribution in [1.29, 1.82) is 0 Å². The minimum Gasteiger partial charge on any atom is -0.380 e. The van der Waals surface area contributed by atoms with Crippen molar-refractivity contribution >= 4 is 40.3 Å². The molecule has 2 N–H and O–H groups in total. The number of benzene rings is 2. The van der Waals surface area contributed by atoms with Crippen LogP contribution in [-0.2, 0) is 0 Å². The van der Waals surface area contributed by atoms with Gasteiger partial charge in [-0.05, 0) is 63.2 Å². The highest BCUT2D eigenvalue weighted by Crippen LogP contribution is 2.27. The molecule has 0 heterocycles. The van der Waals surface area contributed by atoms with Gasteiger partial charge in [0.1, 0.15) is 0 Å². The molecule has 2 rings (SSSR count). The van der Waals surface area contributed by atoms with Crippen LogP contribution in [0.15, 0.2) is 42.5 Å². The van der Waals surface area contributed by atoms with Gasteiger partial charge in [0.05, 0.1) is 10.0 Å². The van der Waals surface area contributed by atoms with E-state index in [1.54, 1.807) is 6.07 Å². The molecule has 2 nitrogen and oxygen atoms in total. The van der Waals surface area contributed by atoms with Gasteiger partial charge >= 0.3 is 0 Å². The average Bonchev–Trinajstić information content (AvgIpc) is 2.35. The predicted molar refractivity (Wildman–Crippen MR) is 89.6 cm³/mol. The van der Waals surface area contributed by atoms with Crippen molar-refractivity contribution in [3.05, 3.63) is 52.5 Å². The van der Waals surface area contributed by atoms with Crippen LogP contribution < -0.4 is 10.6 Å². The van der Waals surface area contributed by atoms with Crippen LogP contribution in [0.1, 0.15) is 20.8 Å². The molecule has 0 radical (unpaired) electrons. The minimum absolute atomic E-state index is 0.0542. The van der Waals surface area contributed by atoms with Crippen LogP contribution >= 0.6 is 23.2 Å². The zero-order chi connectivity index (χ0) is 14.8. The second-order valence-corrected chi connectivity index (χ2v) is 6.52. The third kappa shape index (κ3) is 4.32. The van der Waals surface area contributed by atoms with E-state index in [-0.39, 0.29) is 5.54 Å². The van der Waals surface area contributed by atoms with Gasteiger partial charge < -0.3 is 10.6 Å². The van der Waals surface area contributed by atoms with Crippen LogP contribution in [-0.4, -0.2) is 5.54 Å². The number of halogens is 2. The third-order valence-corrected chi connectivity index (χ3v) is 3.35. The molecule has 0 spiro atoms. The number of hydrogen-bond donors (Lipinski definition) is 2. The first-order chi connectivity index (χ1) is 9.33. The fraction of sp³-hybridized carbons (Fsp3) is 0.250. The van der Waals surface area contributed by atoms with Crippen molar-refractivity contribution in [2.45, 2.75) is 26.3 Å². The third-order valence-electron chi connectivity index (χ3n) is 2.61. The standard InChI is InChI=1S/C16H18Cl2N2/c1-16(2,3)20-12-6-4-11(5-7-12)19-13-8-9-14(17)15(18)10-13/h4-10,19-20H,1-3H3. The van der Waals surface area contributed by atoms with E-state index in [1.807, 2.05) is 36.4 Å². The molecule has 0 unspecified atom stereocenters. The fourth-order valence-corrected chi connectivity index (χ4v) is 2.11. The van der Waals surface area contributed by atoms with Gasteiger partial charge in [-0.15, -0.1) is 0 Å². The monoisotopic (exact) mass is 308 g/mol. The van der Waals surface area contributed by atoms with E-state index in [0.717, 1.165) is 17.1 Å². The maximum Gasteiger partial charge on any atom is 0.0612 e. The first-order valence-corrected chi connectivity index (χ1v) is 7.19. The van der Waals surface area contributed by atoms with Crippen LogP contribution in [0.3, 0.4) is 0 Å². The molecule has 0 aliphatic carbocycles. The summed E-state index contributed by atoms with van der Waals surface area (Å²) in [7, 11) is 0. The van der Waals surface area contributed by atoms with Gasteiger partial charge in [-0.25, -0.2) is 0 Å². The number of hydrogen-bond acceptors (Lipinski definition) is 2. The highest BCUT2D eigenvalue weighted by Gasteiger charge is 2.08. The summed E-state index contributed by atoms with van der Waals surface area (Å²) in [5.41, 5.74) is 3.06. The lowest BCUT2D eigenvalue weighted by atomic mass is 10.1. The fourth-order valence-electron chi connectivity index (χ4n) is 1.81. The lowest BCUT2D eigenvalue weighted by molar-refractivity contribution is 0.634. The van der Waals surface area contributed by atoms with E-state index >= 15 is 0 Å². The highest BCUT2D eigenvalue weighted by molar-refractivity contribution is 6.42. The molecule has 106 valence electrons. The predicted octanol–water partition coefficient (Wildman–Crippen LogP) is 5.95. The van der Waals surface area contributed by atoms with Gasteiger partial charge in [0.15, 0.2) is 0 Å². The summed E-state index contributed by atoms with van der Waals surface area (Å²) in [6, 6.07) is 13.6. The van der Waals surface area contributed by atoms with Crippen LogP contribution in [0.4, 0.5) is 17.1 Å². The lowest BCUT2D eigenvalue weighted by Gasteiger charge is -2.22. The van der Waals surface area contributed by atoms with Gasteiger partial charge in [0, 0.05) is 22.6 Å². The number of nitrogens with one attached hydrogen (secondary N) is 2. The molecule has 0 aliphatic rings. The molecular weight excluding hydrogens is 291 g/mol.